The molecular weight excluding hydrogens is 451 g/mol. The number of alkyl halides is 1. The first-order valence-corrected chi connectivity index (χ1v) is 10.7. The van der Waals surface area contributed by atoms with E-state index in [1.807, 2.05) is 12.1 Å². The van der Waals surface area contributed by atoms with E-state index >= 15 is 0 Å². The van der Waals surface area contributed by atoms with E-state index in [2.05, 4.69) is 59.0 Å². The van der Waals surface area contributed by atoms with Gasteiger partial charge in [-0.25, -0.2) is 4.79 Å². The van der Waals surface area contributed by atoms with Gasteiger partial charge in [0.1, 0.15) is 3.61 Å². The van der Waals surface area contributed by atoms with Crippen molar-refractivity contribution in [2.45, 2.75) is 47.5 Å². The summed E-state index contributed by atoms with van der Waals surface area (Å²) in [6, 6.07) is 16.7. The fourth-order valence-corrected chi connectivity index (χ4v) is 5.98. The van der Waals surface area contributed by atoms with E-state index in [4.69, 9.17) is 4.74 Å². The summed E-state index contributed by atoms with van der Waals surface area (Å²) in [5.41, 5.74) is 4.63. The predicted octanol–water partition coefficient (Wildman–Crippen LogP) is 4.82. The second-order valence-electron chi connectivity index (χ2n) is 8.04. The number of aliphatic hydroxyl groups is 1. The zero-order valence-corrected chi connectivity index (χ0v) is 17.7. The highest BCUT2D eigenvalue weighted by Gasteiger charge is 2.50. The molecule has 0 radical (unpaired) electrons. The minimum Gasteiger partial charge on any atom is -0.465 e. The molecule has 0 saturated heterocycles. The van der Waals surface area contributed by atoms with Crippen molar-refractivity contribution in [3.05, 3.63) is 70.8 Å². The van der Waals surface area contributed by atoms with Gasteiger partial charge in [-0.1, -0.05) is 36.4 Å². The first kappa shape index (κ1) is 18.9. The first-order chi connectivity index (χ1) is 12.9. The highest BCUT2D eigenvalue weighted by atomic mass is 127. The van der Waals surface area contributed by atoms with Gasteiger partial charge in [0.05, 0.1) is 12.7 Å². The molecule has 4 rings (SSSR count). The van der Waals surface area contributed by atoms with Crippen molar-refractivity contribution in [1.82, 2.24) is 0 Å². The molecule has 2 aromatic carbocycles. The summed E-state index contributed by atoms with van der Waals surface area (Å²) in [5.74, 6) is 0.173. The van der Waals surface area contributed by atoms with Gasteiger partial charge in [0, 0.05) is 5.41 Å². The van der Waals surface area contributed by atoms with E-state index < -0.39 is 3.61 Å². The van der Waals surface area contributed by atoms with Crippen molar-refractivity contribution in [2.24, 2.45) is 5.92 Å². The summed E-state index contributed by atoms with van der Waals surface area (Å²) in [6.07, 6.45) is 5.59. The number of benzene rings is 2. The number of ether oxygens (including phenoxy) is 1. The molecule has 4 heteroatoms. The molecule has 0 heterocycles. The third kappa shape index (κ3) is 3.54. The summed E-state index contributed by atoms with van der Waals surface area (Å²) in [7, 11) is 1.43. The average Bonchev–Trinajstić information content (AvgIpc) is 2.68. The van der Waals surface area contributed by atoms with Crippen molar-refractivity contribution < 1.29 is 14.6 Å². The maximum Gasteiger partial charge on any atom is 0.337 e. The number of rotatable bonds is 3. The Bertz CT molecular complexity index is 846. The monoisotopic (exact) mass is 476 g/mol. The molecule has 2 aliphatic carbocycles. The first-order valence-electron chi connectivity index (χ1n) is 9.60. The Balaban J connectivity index is 1.79. The van der Waals surface area contributed by atoms with Gasteiger partial charge < -0.3 is 9.84 Å². The molecule has 2 aromatic rings. The summed E-state index contributed by atoms with van der Waals surface area (Å²) >= 11 is 2.23. The van der Waals surface area contributed by atoms with Crippen LogP contribution in [0.5, 0.6) is 0 Å². The maximum absolute atomic E-state index is 12.0. The SMILES string of the molecule is COC(=O)c1ccc2c(c1)CC[C@H]1C[C@@](O)(I)CC[C@@]21Cc1ccccc1. The number of hydrogen-bond acceptors (Lipinski definition) is 3. The van der Waals surface area contributed by atoms with Crippen LogP contribution in [0.4, 0.5) is 0 Å². The normalized spacial score (nSPS) is 29.5. The van der Waals surface area contributed by atoms with Crippen LogP contribution in [0.2, 0.25) is 0 Å². The molecule has 0 aliphatic heterocycles. The van der Waals surface area contributed by atoms with E-state index in [1.165, 1.54) is 23.8 Å². The summed E-state index contributed by atoms with van der Waals surface area (Å²) in [6.45, 7) is 0. The molecule has 1 fully saturated rings. The number of aryl methyl sites for hydroxylation is 1. The molecule has 0 aromatic heterocycles. The van der Waals surface area contributed by atoms with Gasteiger partial charge in [-0.3, -0.25) is 0 Å². The van der Waals surface area contributed by atoms with Crippen LogP contribution in [0.1, 0.15) is 52.7 Å². The summed E-state index contributed by atoms with van der Waals surface area (Å²) in [5, 5.41) is 10.7. The minimum atomic E-state index is -0.605. The third-order valence-electron chi connectivity index (χ3n) is 6.48. The van der Waals surface area contributed by atoms with Crippen LogP contribution in [0.3, 0.4) is 0 Å². The lowest BCUT2D eigenvalue weighted by Gasteiger charge is -2.52. The number of hydrogen-bond donors (Lipinski definition) is 1. The van der Waals surface area contributed by atoms with Crippen molar-refractivity contribution in [3.63, 3.8) is 0 Å². The molecule has 0 amide bonds. The van der Waals surface area contributed by atoms with Crippen LogP contribution in [-0.2, 0) is 23.0 Å². The largest absolute Gasteiger partial charge is 0.465 e. The molecule has 3 nitrogen and oxygen atoms in total. The topological polar surface area (TPSA) is 46.5 Å². The van der Waals surface area contributed by atoms with Crippen molar-refractivity contribution in [1.29, 1.82) is 0 Å². The fraction of sp³-hybridized carbons (Fsp3) is 0.435. The van der Waals surface area contributed by atoms with Gasteiger partial charge in [-0.15, -0.1) is 0 Å². The van der Waals surface area contributed by atoms with E-state index in [1.54, 1.807) is 0 Å². The number of carbonyl (C=O) groups excluding carboxylic acids is 1. The Hall–Kier alpha value is -1.40. The van der Waals surface area contributed by atoms with Gasteiger partial charge in [0.25, 0.3) is 0 Å². The molecular formula is C23H25IO3. The number of carbonyl (C=O) groups is 1. The Morgan fingerprint density at radius 1 is 1.22 bits per heavy atom. The lowest BCUT2D eigenvalue weighted by atomic mass is 9.54. The molecule has 1 saturated carbocycles. The number of methoxy groups -OCH3 is 1. The molecule has 142 valence electrons. The van der Waals surface area contributed by atoms with Crippen LogP contribution in [-0.4, -0.2) is 21.8 Å². The lowest BCUT2D eigenvalue weighted by Crippen LogP contribution is -2.49. The maximum atomic E-state index is 12.0. The minimum absolute atomic E-state index is 0.0288. The quantitative estimate of drug-likeness (QED) is 0.393. The zero-order chi connectivity index (χ0) is 19.1. The number of esters is 1. The third-order valence-corrected chi connectivity index (χ3v) is 7.46. The molecule has 3 atom stereocenters. The van der Waals surface area contributed by atoms with Gasteiger partial charge in [0.15, 0.2) is 0 Å². The highest BCUT2D eigenvalue weighted by Crippen LogP contribution is 2.55. The van der Waals surface area contributed by atoms with Gasteiger partial charge >= 0.3 is 5.97 Å². The highest BCUT2D eigenvalue weighted by molar-refractivity contribution is 14.1. The Morgan fingerprint density at radius 3 is 2.74 bits per heavy atom. The van der Waals surface area contributed by atoms with E-state index in [0.29, 0.717) is 11.5 Å². The summed E-state index contributed by atoms with van der Waals surface area (Å²) < 4.78 is 4.30. The fourth-order valence-electron chi connectivity index (χ4n) is 5.18. The van der Waals surface area contributed by atoms with Crippen LogP contribution in [0.25, 0.3) is 0 Å². The molecule has 0 bridgehead atoms. The molecule has 2 aliphatic rings. The van der Waals surface area contributed by atoms with Crippen LogP contribution in [0.15, 0.2) is 48.5 Å². The van der Waals surface area contributed by atoms with Crippen LogP contribution < -0.4 is 0 Å². The second kappa shape index (κ2) is 7.21. The van der Waals surface area contributed by atoms with E-state index in [0.717, 1.165) is 38.5 Å². The van der Waals surface area contributed by atoms with Crippen molar-refractivity contribution >= 4 is 28.6 Å². The van der Waals surface area contributed by atoms with Gasteiger partial charge in [-0.05, 0) is 95.9 Å². The Morgan fingerprint density at radius 2 is 2.00 bits per heavy atom. The number of fused-ring (bicyclic) bond motifs is 3. The van der Waals surface area contributed by atoms with Crippen molar-refractivity contribution in [3.8, 4) is 0 Å². The lowest BCUT2D eigenvalue weighted by molar-refractivity contribution is 0.0285. The van der Waals surface area contributed by atoms with Gasteiger partial charge in [-0.2, -0.15) is 0 Å². The summed E-state index contributed by atoms with van der Waals surface area (Å²) in [4.78, 5) is 12.0. The molecule has 1 N–H and O–H groups in total. The standard InChI is InChI=1S/C23H25IO3/c1-27-21(25)18-8-10-20-17(13-18)7-9-19-15-23(24,26)12-11-22(19,20)14-16-5-3-2-4-6-16/h2-6,8,10,13,19,26H,7,9,11-12,14-15H2,1H3/t19-,22-,23+/m0/s1. The van der Waals surface area contributed by atoms with Crippen LogP contribution >= 0.6 is 22.6 Å². The van der Waals surface area contributed by atoms with E-state index in [9.17, 15) is 9.90 Å². The van der Waals surface area contributed by atoms with Crippen molar-refractivity contribution in [2.75, 3.05) is 7.11 Å². The molecule has 27 heavy (non-hydrogen) atoms. The molecule has 0 unspecified atom stereocenters. The van der Waals surface area contributed by atoms with Gasteiger partial charge in [0.2, 0.25) is 0 Å². The Kier molecular flexibility index (Phi) is 5.06. The predicted molar refractivity (Wildman–Crippen MR) is 114 cm³/mol. The zero-order valence-electron chi connectivity index (χ0n) is 15.6. The Labute approximate surface area is 174 Å². The van der Waals surface area contributed by atoms with E-state index in [-0.39, 0.29) is 11.4 Å². The van der Waals surface area contributed by atoms with Crippen LogP contribution in [0, 0.1) is 5.92 Å². The molecule has 0 spiro atoms. The average molecular weight is 476 g/mol. The second-order valence-corrected chi connectivity index (χ2v) is 10.0. The number of halogens is 1. The smallest absolute Gasteiger partial charge is 0.337 e.